The van der Waals surface area contributed by atoms with Gasteiger partial charge in [-0.2, -0.15) is 0 Å². The first-order valence-electron chi connectivity index (χ1n) is 12.5. The highest BCUT2D eigenvalue weighted by molar-refractivity contribution is 5.99. The van der Waals surface area contributed by atoms with Crippen molar-refractivity contribution in [1.82, 2.24) is 10.2 Å². The van der Waals surface area contributed by atoms with Gasteiger partial charge in [-0.1, -0.05) is 32.0 Å². The normalized spacial score (nSPS) is 14.9. The number of nitrogens with zero attached hydrogens (tertiary/aromatic N) is 1. The zero-order valence-electron chi connectivity index (χ0n) is 22.3. The molecule has 0 saturated heterocycles. The van der Waals surface area contributed by atoms with Gasteiger partial charge in [0, 0.05) is 17.3 Å². The Bertz CT molecular complexity index is 1110. The number of phenols is 1. The predicted molar refractivity (Wildman–Crippen MR) is 140 cm³/mol. The fraction of sp³-hybridized carbons (Fsp3) is 0.464. The largest absolute Gasteiger partial charge is 0.508 e. The lowest BCUT2D eigenvalue weighted by Gasteiger charge is -2.36. The maximum absolute atomic E-state index is 14.0. The highest BCUT2D eigenvalue weighted by atomic mass is 16.6. The summed E-state index contributed by atoms with van der Waals surface area (Å²) in [6.45, 7) is 8.86. The third-order valence-corrected chi connectivity index (χ3v) is 5.92. The van der Waals surface area contributed by atoms with Crippen LogP contribution < -0.4 is 15.4 Å². The minimum Gasteiger partial charge on any atom is -0.508 e. The maximum atomic E-state index is 14.0. The van der Waals surface area contributed by atoms with Gasteiger partial charge in [0.15, 0.2) is 0 Å². The lowest BCUT2D eigenvalue weighted by atomic mass is 9.98. The number of amides is 3. The third kappa shape index (κ3) is 7.38. The summed E-state index contributed by atoms with van der Waals surface area (Å²) in [5, 5.41) is 16.3. The molecule has 0 aromatic heterocycles. The van der Waals surface area contributed by atoms with Crippen molar-refractivity contribution in [3.63, 3.8) is 0 Å². The third-order valence-electron chi connectivity index (χ3n) is 5.92. The van der Waals surface area contributed by atoms with E-state index in [0.29, 0.717) is 29.8 Å². The van der Waals surface area contributed by atoms with E-state index in [2.05, 4.69) is 10.6 Å². The van der Waals surface area contributed by atoms with Crippen molar-refractivity contribution >= 4 is 23.6 Å². The van der Waals surface area contributed by atoms with Gasteiger partial charge in [-0.3, -0.25) is 9.59 Å². The van der Waals surface area contributed by atoms with Gasteiger partial charge < -0.3 is 30.1 Å². The van der Waals surface area contributed by atoms with Crippen molar-refractivity contribution in [2.45, 2.75) is 71.2 Å². The maximum Gasteiger partial charge on any atom is 0.408 e. The number of ether oxygens (including phenoxy) is 2. The Balaban J connectivity index is 1.97. The van der Waals surface area contributed by atoms with Crippen LogP contribution >= 0.6 is 0 Å². The molecule has 0 spiro atoms. The first-order chi connectivity index (χ1) is 17.4. The number of hydrogen-bond acceptors (Lipinski definition) is 6. The van der Waals surface area contributed by atoms with Crippen LogP contribution in [0.5, 0.6) is 11.5 Å². The summed E-state index contributed by atoms with van der Waals surface area (Å²) in [4.78, 5) is 41.8. The lowest BCUT2D eigenvalue weighted by molar-refractivity contribution is -0.142. The van der Waals surface area contributed by atoms with Gasteiger partial charge in [0.05, 0.1) is 7.11 Å². The zero-order valence-corrected chi connectivity index (χ0v) is 22.3. The summed E-state index contributed by atoms with van der Waals surface area (Å²) in [6, 6.07) is 11.0. The highest BCUT2D eigenvalue weighted by Gasteiger charge is 2.45. The van der Waals surface area contributed by atoms with Crippen LogP contribution in [0.3, 0.4) is 0 Å². The van der Waals surface area contributed by atoms with Crippen molar-refractivity contribution in [3.8, 4) is 11.5 Å². The Labute approximate surface area is 218 Å². The van der Waals surface area contributed by atoms with Gasteiger partial charge in [0.1, 0.15) is 29.2 Å². The quantitative estimate of drug-likeness (QED) is 0.452. The number of nitrogens with one attached hydrogen (secondary N) is 2. The molecule has 9 nitrogen and oxygen atoms in total. The monoisotopic (exact) mass is 511 g/mol. The van der Waals surface area contributed by atoms with E-state index in [-0.39, 0.29) is 17.7 Å². The van der Waals surface area contributed by atoms with Gasteiger partial charge >= 0.3 is 6.09 Å². The average Bonchev–Trinajstić information content (AvgIpc) is 3.65. The number of aromatic hydroxyl groups is 1. The van der Waals surface area contributed by atoms with Crippen molar-refractivity contribution < 1.29 is 29.0 Å². The fourth-order valence-electron chi connectivity index (χ4n) is 4.00. The molecule has 0 heterocycles. The van der Waals surface area contributed by atoms with Gasteiger partial charge in [-0.15, -0.1) is 0 Å². The Hall–Kier alpha value is -3.75. The molecule has 1 aliphatic carbocycles. The standard InChI is InChI=1S/C28H37N3O6/c1-17(2)23(30-27(35)37-28(3,4)5)26(34)31(19-13-14-19)24(21-9-7-8-10-22(21)32)25(33)29-18-11-15-20(36-6)16-12-18/h7-12,15-17,19,23-24,32H,13-14H2,1-6H3,(H,29,33)(H,30,35). The van der Waals surface area contributed by atoms with E-state index < -0.39 is 35.6 Å². The molecule has 3 rings (SSSR count). The fourth-order valence-corrected chi connectivity index (χ4v) is 4.00. The van der Waals surface area contributed by atoms with E-state index in [1.807, 2.05) is 13.8 Å². The van der Waals surface area contributed by atoms with Crippen LogP contribution in [0, 0.1) is 5.92 Å². The van der Waals surface area contributed by atoms with Gasteiger partial charge in [0.2, 0.25) is 5.91 Å². The Morgan fingerprint density at radius 1 is 1.03 bits per heavy atom. The van der Waals surface area contributed by atoms with E-state index in [4.69, 9.17) is 9.47 Å². The van der Waals surface area contributed by atoms with E-state index in [1.165, 1.54) is 11.0 Å². The molecular weight excluding hydrogens is 474 g/mol. The summed E-state index contributed by atoms with van der Waals surface area (Å²) in [5.41, 5.74) is 0.0804. The number of alkyl carbamates (subject to hydrolysis) is 1. The highest BCUT2D eigenvalue weighted by Crippen LogP contribution is 2.39. The van der Waals surface area contributed by atoms with Gasteiger partial charge in [-0.05, 0) is 69.9 Å². The molecule has 0 bridgehead atoms. The van der Waals surface area contributed by atoms with Crippen molar-refractivity contribution in [2.75, 3.05) is 12.4 Å². The second-order valence-electron chi connectivity index (χ2n) is 10.5. The molecule has 2 aromatic rings. The average molecular weight is 512 g/mol. The number of para-hydroxylation sites is 1. The molecule has 1 aliphatic rings. The first kappa shape index (κ1) is 27.8. The molecule has 3 N–H and O–H groups in total. The number of hydrogen-bond donors (Lipinski definition) is 3. The van der Waals surface area contributed by atoms with Crippen LogP contribution in [-0.2, 0) is 14.3 Å². The Kier molecular flexibility index (Phi) is 8.68. The minimum absolute atomic E-state index is 0.1000. The van der Waals surface area contributed by atoms with Crippen LogP contribution in [0.2, 0.25) is 0 Å². The smallest absolute Gasteiger partial charge is 0.408 e. The molecule has 1 saturated carbocycles. The van der Waals surface area contributed by atoms with Gasteiger partial charge in [0.25, 0.3) is 5.91 Å². The molecule has 200 valence electrons. The van der Waals surface area contributed by atoms with Crippen molar-refractivity contribution in [1.29, 1.82) is 0 Å². The molecule has 9 heteroatoms. The molecule has 0 radical (unpaired) electrons. The first-order valence-corrected chi connectivity index (χ1v) is 12.5. The van der Waals surface area contributed by atoms with Crippen LogP contribution in [0.15, 0.2) is 48.5 Å². The van der Waals surface area contributed by atoms with E-state index >= 15 is 0 Å². The van der Waals surface area contributed by atoms with Crippen LogP contribution in [0.4, 0.5) is 10.5 Å². The molecule has 2 atom stereocenters. The van der Waals surface area contributed by atoms with Crippen LogP contribution in [0.1, 0.15) is 59.1 Å². The molecule has 1 fully saturated rings. The van der Waals surface area contributed by atoms with Crippen molar-refractivity contribution in [2.24, 2.45) is 5.92 Å². The number of carbonyl (C=O) groups is 3. The Morgan fingerprint density at radius 2 is 1.65 bits per heavy atom. The molecule has 37 heavy (non-hydrogen) atoms. The van der Waals surface area contributed by atoms with Crippen molar-refractivity contribution in [3.05, 3.63) is 54.1 Å². The second kappa shape index (κ2) is 11.5. The number of phenolic OH excluding ortho intramolecular Hbond substituents is 1. The summed E-state index contributed by atoms with van der Waals surface area (Å²) in [6.07, 6.45) is 0.711. The summed E-state index contributed by atoms with van der Waals surface area (Å²) >= 11 is 0. The number of methoxy groups -OCH3 is 1. The van der Waals surface area contributed by atoms with E-state index in [0.717, 1.165) is 0 Å². The zero-order chi connectivity index (χ0) is 27.3. The number of anilines is 1. The topological polar surface area (TPSA) is 117 Å². The minimum atomic E-state index is -1.12. The summed E-state index contributed by atoms with van der Waals surface area (Å²) < 4.78 is 10.6. The summed E-state index contributed by atoms with van der Waals surface area (Å²) in [7, 11) is 1.55. The van der Waals surface area contributed by atoms with Crippen LogP contribution in [0.25, 0.3) is 0 Å². The Morgan fingerprint density at radius 3 is 2.16 bits per heavy atom. The van der Waals surface area contributed by atoms with Gasteiger partial charge in [-0.25, -0.2) is 4.79 Å². The predicted octanol–water partition coefficient (Wildman–Crippen LogP) is 4.62. The SMILES string of the molecule is COc1ccc(NC(=O)C(c2ccccc2O)N(C(=O)C(NC(=O)OC(C)(C)C)C(C)C)C2CC2)cc1. The van der Waals surface area contributed by atoms with Crippen LogP contribution in [-0.4, -0.2) is 52.7 Å². The number of benzene rings is 2. The molecule has 0 aliphatic heterocycles. The molecule has 2 aromatic carbocycles. The number of rotatable bonds is 9. The number of carbonyl (C=O) groups excluding carboxylic acids is 3. The van der Waals surface area contributed by atoms with E-state index in [9.17, 15) is 19.5 Å². The summed E-state index contributed by atoms with van der Waals surface area (Å²) in [5.74, 6) is -0.640. The lowest BCUT2D eigenvalue weighted by Crippen LogP contribution is -2.55. The molecule has 2 unspecified atom stereocenters. The van der Waals surface area contributed by atoms with E-state index in [1.54, 1.807) is 70.3 Å². The second-order valence-corrected chi connectivity index (χ2v) is 10.5. The molecule has 3 amide bonds. The molecular formula is C28H37N3O6.